The third-order valence-electron chi connectivity index (χ3n) is 4.82. The van der Waals surface area contributed by atoms with Crippen molar-refractivity contribution in [1.29, 1.82) is 0 Å². The Balaban J connectivity index is 1.91. The Morgan fingerprint density at radius 3 is 1.22 bits per heavy atom. The van der Waals surface area contributed by atoms with Gasteiger partial charge in [0.15, 0.2) is 17.6 Å². The third-order valence-corrected chi connectivity index (χ3v) is 9.63. The molecule has 0 saturated carbocycles. The molecule has 0 aliphatic heterocycles. The van der Waals surface area contributed by atoms with E-state index in [9.17, 15) is 0 Å². The molecule has 0 fully saturated rings. The molecule has 0 atom stereocenters. The van der Waals surface area contributed by atoms with Gasteiger partial charge in [0.2, 0.25) is 0 Å². The van der Waals surface area contributed by atoms with E-state index in [0.29, 0.717) is 0 Å². The molecule has 0 heterocycles. The Morgan fingerprint density at radius 2 is 0.875 bits per heavy atom. The van der Waals surface area contributed by atoms with E-state index in [-0.39, 0.29) is 0 Å². The van der Waals surface area contributed by atoms with Crippen molar-refractivity contribution in [2.45, 2.75) is 0 Å². The van der Waals surface area contributed by atoms with Crippen LogP contribution < -0.4 is 10.4 Å². The zero-order valence-corrected chi connectivity index (χ0v) is 21.4. The lowest BCUT2D eigenvalue weighted by Gasteiger charge is -2.14. The highest BCUT2D eigenvalue weighted by Gasteiger charge is 2.14. The van der Waals surface area contributed by atoms with Crippen LogP contribution in [0.2, 0.25) is 0 Å². The second-order valence-electron chi connectivity index (χ2n) is 8.21. The van der Waals surface area contributed by atoms with Crippen LogP contribution in [-0.2, 0) is 0 Å². The van der Waals surface area contributed by atoms with E-state index in [1.54, 1.807) is 0 Å². The Labute approximate surface area is 197 Å². The van der Waals surface area contributed by atoms with E-state index < -0.39 is 17.6 Å². The number of hydrogen-bond donors (Lipinski definition) is 0. The lowest BCUT2D eigenvalue weighted by molar-refractivity contribution is 0.477. The first-order valence-electron chi connectivity index (χ1n) is 10.8. The Kier molecular flexibility index (Phi) is 9.10. The maximum atomic E-state index is 3.62. The fourth-order valence-corrected chi connectivity index (χ4v) is 7.14. The fraction of sp³-hybridized carbons (Fsp3) is 0.214. The predicted molar refractivity (Wildman–Crippen MR) is 141 cm³/mol. The predicted octanol–water partition coefficient (Wildman–Crippen LogP) is 2.47. The zero-order chi connectivity index (χ0) is 22.8. The second-order valence-corrected chi connectivity index (χ2v) is 12.4. The maximum Gasteiger partial charge on any atom is 0.193 e. The zero-order valence-electron chi connectivity index (χ0n) is 19.4. The summed E-state index contributed by atoms with van der Waals surface area (Å²) < 4.78 is 0. The molecule has 0 aromatic heterocycles. The van der Waals surface area contributed by atoms with Crippen molar-refractivity contribution in [3.8, 4) is 22.9 Å². The first-order valence-corrected chi connectivity index (χ1v) is 14.2. The second kappa shape index (κ2) is 12.2. The largest absolute Gasteiger partial charge is 0.311 e. The molecular formula is C28H30N2Si2. The van der Waals surface area contributed by atoms with E-state index in [1.165, 1.54) is 10.4 Å². The first kappa shape index (κ1) is 23.8. The van der Waals surface area contributed by atoms with Crippen LogP contribution in [0.25, 0.3) is 0 Å². The molecule has 3 rings (SSSR count). The normalized spacial score (nSPS) is 10.8. The van der Waals surface area contributed by atoms with Crippen molar-refractivity contribution in [3.63, 3.8) is 0 Å². The molecule has 0 amide bonds. The summed E-state index contributed by atoms with van der Waals surface area (Å²) in [7, 11) is 6.45. The van der Waals surface area contributed by atoms with Gasteiger partial charge in [0.25, 0.3) is 0 Å². The Morgan fingerprint density at radius 1 is 0.531 bits per heavy atom. The van der Waals surface area contributed by atoms with Gasteiger partial charge < -0.3 is 9.80 Å². The van der Waals surface area contributed by atoms with Crippen LogP contribution in [0, 0.1) is 22.9 Å². The number of rotatable bonds is 6. The van der Waals surface area contributed by atoms with E-state index in [4.69, 9.17) is 0 Å². The summed E-state index contributed by atoms with van der Waals surface area (Å²) in [6.07, 6.45) is 1.97. The molecule has 0 saturated heterocycles. The monoisotopic (exact) mass is 450 g/mol. The van der Waals surface area contributed by atoms with Gasteiger partial charge in [-0.05, 0) is 50.7 Å². The molecule has 2 nitrogen and oxygen atoms in total. The number of nitrogens with zero attached hydrogens (tertiary/aromatic N) is 2. The molecule has 160 valence electrons. The van der Waals surface area contributed by atoms with Crippen LogP contribution in [0.15, 0.2) is 84.9 Å². The minimum atomic E-state index is -1.01. The van der Waals surface area contributed by atoms with Crippen molar-refractivity contribution in [2.75, 3.05) is 40.5 Å². The molecule has 0 N–H and O–H groups in total. The SMILES string of the molecule is CN(C)C[Si](C#Cc1ccccc1C#C[Si](CN(C)C)c1ccccc1)c1ccccc1. The van der Waals surface area contributed by atoms with Crippen molar-refractivity contribution in [1.82, 2.24) is 9.80 Å². The lowest BCUT2D eigenvalue weighted by atomic mass is 10.1. The van der Waals surface area contributed by atoms with E-state index in [1.807, 2.05) is 0 Å². The molecule has 2 radical (unpaired) electrons. The van der Waals surface area contributed by atoms with E-state index in [0.717, 1.165) is 23.5 Å². The summed E-state index contributed by atoms with van der Waals surface area (Å²) in [6, 6.07) is 29.7. The van der Waals surface area contributed by atoms with Crippen LogP contribution in [0.1, 0.15) is 11.1 Å². The minimum absolute atomic E-state index is 0.986. The average molecular weight is 451 g/mol. The van der Waals surface area contributed by atoms with Crippen LogP contribution in [0.5, 0.6) is 0 Å². The van der Waals surface area contributed by atoms with Gasteiger partial charge in [-0.1, -0.05) is 84.6 Å². The molecule has 3 aromatic rings. The molecule has 0 aliphatic carbocycles. The fourth-order valence-electron chi connectivity index (χ4n) is 3.30. The van der Waals surface area contributed by atoms with Crippen LogP contribution >= 0.6 is 0 Å². The van der Waals surface area contributed by atoms with Gasteiger partial charge in [-0.2, -0.15) is 0 Å². The smallest absolute Gasteiger partial charge is 0.193 e. The maximum absolute atomic E-state index is 3.62. The van der Waals surface area contributed by atoms with Crippen molar-refractivity contribution < 1.29 is 0 Å². The summed E-state index contributed by atoms with van der Waals surface area (Å²) in [4.78, 5) is 4.47. The molecule has 3 aromatic carbocycles. The van der Waals surface area contributed by atoms with Crippen LogP contribution in [0.3, 0.4) is 0 Å². The van der Waals surface area contributed by atoms with Crippen molar-refractivity contribution in [3.05, 3.63) is 96.1 Å². The van der Waals surface area contributed by atoms with Gasteiger partial charge in [0.05, 0.1) is 0 Å². The van der Waals surface area contributed by atoms with E-state index in [2.05, 4.69) is 146 Å². The summed E-state index contributed by atoms with van der Waals surface area (Å²) in [5, 5.41) is 2.70. The van der Waals surface area contributed by atoms with Gasteiger partial charge in [-0.3, -0.25) is 0 Å². The Hall–Kier alpha value is -2.87. The van der Waals surface area contributed by atoms with Gasteiger partial charge in [-0.25, -0.2) is 0 Å². The first-order chi connectivity index (χ1) is 15.5. The minimum Gasteiger partial charge on any atom is -0.311 e. The quantitative estimate of drug-likeness (QED) is 0.421. The molecule has 32 heavy (non-hydrogen) atoms. The Bertz CT molecular complexity index is 1010. The number of benzene rings is 3. The molecule has 0 bridgehead atoms. The van der Waals surface area contributed by atoms with Gasteiger partial charge >= 0.3 is 0 Å². The highest BCUT2D eigenvalue weighted by Crippen LogP contribution is 2.06. The van der Waals surface area contributed by atoms with Gasteiger partial charge in [0, 0.05) is 23.5 Å². The average Bonchev–Trinajstić information content (AvgIpc) is 2.80. The van der Waals surface area contributed by atoms with Crippen molar-refractivity contribution >= 4 is 28.0 Å². The van der Waals surface area contributed by atoms with Crippen LogP contribution in [-0.4, -0.2) is 67.9 Å². The summed E-state index contributed by atoms with van der Waals surface area (Å²) >= 11 is 0. The van der Waals surface area contributed by atoms with E-state index >= 15 is 0 Å². The van der Waals surface area contributed by atoms with Gasteiger partial charge in [0.1, 0.15) is 0 Å². The standard InChI is InChI=1S/C28H30N2Si2/c1-29(2)23-31(27-15-7-5-8-16-27)21-19-25-13-11-12-14-26(25)20-22-32(24-30(3)4)28-17-9-6-10-18-28/h5-18H,23-24H2,1-4H3. The summed E-state index contributed by atoms with van der Waals surface area (Å²) in [5.41, 5.74) is 9.29. The highest BCUT2D eigenvalue weighted by atomic mass is 28.3. The lowest BCUT2D eigenvalue weighted by Crippen LogP contribution is -2.39. The molecular weight excluding hydrogens is 420 g/mol. The molecule has 4 heteroatoms. The topological polar surface area (TPSA) is 6.48 Å². The summed E-state index contributed by atoms with van der Waals surface area (Å²) in [5.74, 6) is 6.98. The molecule has 0 aliphatic rings. The molecule has 0 spiro atoms. The molecule has 0 unspecified atom stereocenters. The van der Waals surface area contributed by atoms with Crippen molar-refractivity contribution in [2.24, 2.45) is 0 Å². The summed E-state index contributed by atoms with van der Waals surface area (Å²) in [6.45, 7) is 0. The number of hydrogen-bond acceptors (Lipinski definition) is 2. The van der Waals surface area contributed by atoms with Gasteiger partial charge in [-0.15, -0.1) is 11.1 Å². The van der Waals surface area contributed by atoms with Crippen LogP contribution in [0.4, 0.5) is 0 Å². The third kappa shape index (κ3) is 7.37. The highest BCUT2D eigenvalue weighted by molar-refractivity contribution is 6.81.